The van der Waals surface area contributed by atoms with Gasteiger partial charge in [0.25, 0.3) is 5.91 Å². The molecule has 5 heteroatoms. The van der Waals surface area contributed by atoms with Gasteiger partial charge >= 0.3 is 0 Å². The van der Waals surface area contributed by atoms with E-state index in [-0.39, 0.29) is 5.91 Å². The maximum atomic E-state index is 11.7. The summed E-state index contributed by atoms with van der Waals surface area (Å²) in [5.74, 6) is 0.692. The Morgan fingerprint density at radius 2 is 2.50 bits per heavy atom. The van der Waals surface area contributed by atoms with Gasteiger partial charge in [0.1, 0.15) is 0 Å². The Bertz CT molecular complexity index is 378. The molecular formula is C11H15BrN2O2. The first-order chi connectivity index (χ1) is 7.68. The van der Waals surface area contributed by atoms with Gasteiger partial charge in [-0.3, -0.25) is 4.79 Å². The molecule has 1 aliphatic rings. The first kappa shape index (κ1) is 11.6. The van der Waals surface area contributed by atoms with Gasteiger partial charge in [-0.2, -0.15) is 0 Å². The van der Waals surface area contributed by atoms with Crippen molar-refractivity contribution in [2.45, 2.75) is 31.0 Å². The summed E-state index contributed by atoms with van der Waals surface area (Å²) in [5.41, 5.74) is 0.638. The van der Waals surface area contributed by atoms with Crippen molar-refractivity contribution in [3.05, 3.63) is 17.8 Å². The number of carbonyl (C=O) groups excluding carboxylic acids is 1. The number of aromatic nitrogens is 1. The van der Waals surface area contributed by atoms with Crippen molar-refractivity contribution >= 4 is 21.8 Å². The number of alkyl halides is 1. The lowest BCUT2D eigenvalue weighted by Crippen LogP contribution is -2.31. The zero-order valence-corrected chi connectivity index (χ0v) is 10.8. The summed E-state index contributed by atoms with van der Waals surface area (Å²) in [5, 5.41) is 2.90. The van der Waals surface area contributed by atoms with E-state index in [0.29, 0.717) is 28.7 Å². The smallest absolute Gasteiger partial charge is 0.289 e. The van der Waals surface area contributed by atoms with Crippen LogP contribution in [0.25, 0.3) is 0 Å². The Labute approximate surface area is 103 Å². The second kappa shape index (κ2) is 4.99. The molecule has 1 N–H and O–H groups in total. The first-order valence-corrected chi connectivity index (χ1v) is 6.42. The van der Waals surface area contributed by atoms with E-state index in [2.05, 4.69) is 26.2 Å². The summed E-state index contributed by atoms with van der Waals surface area (Å²) >= 11 is 3.63. The van der Waals surface area contributed by atoms with Gasteiger partial charge in [-0.05, 0) is 25.7 Å². The monoisotopic (exact) mass is 286 g/mol. The Hall–Kier alpha value is -0.840. The summed E-state index contributed by atoms with van der Waals surface area (Å²) in [6.45, 7) is 2.47. The molecule has 4 nitrogen and oxygen atoms in total. The van der Waals surface area contributed by atoms with Gasteiger partial charge in [0.2, 0.25) is 5.76 Å². The van der Waals surface area contributed by atoms with E-state index >= 15 is 0 Å². The summed E-state index contributed by atoms with van der Waals surface area (Å²) in [4.78, 5) is 16.2. The highest BCUT2D eigenvalue weighted by Gasteiger charge is 2.25. The summed E-state index contributed by atoms with van der Waals surface area (Å²) in [6.07, 6.45) is 4.90. The predicted octanol–water partition coefficient (Wildman–Crippen LogP) is 2.28. The molecule has 0 aromatic carbocycles. The lowest BCUT2D eigenvalue weighted by atomic mass is 10.1. The molecule has 1 aromatic heterocycles. The van der Waals surface area contributed by atoms with Crippen LogP contribution >= 0.6 is 15.9 Å². The Morgan fingerprint density at radius 1 is 1.69 bits per heavy atom. The number of nitrogens with one attached hydrogen (secondary N) is 1. The number of oxazole rings is 1. The number of halogens is 1. The van der Waals surface area contributed by atoms with Crippen LogP contribution in [-0.2, 0) is 0 Å². The van der Waals surface area contributed by atoms with Crippen molar-refractivity contribution < 1.29 is 9.21 Å². The lowest BCUT2D eigenvalue weighted by Gasteiger charge is -2.13. The van der Waals surface area contributed by atoms with E-state index in [0.717, 1.165) is 0 Å². The minimum atomic E-state index is -0.165. The molecule has 0 saturated heterocycles. The van der Waals surface area contributed by atoms with Crippen LogP contribution in [0.4, 0.5) is 0 Å². The van der Waals surface area contributed by atoms with Gasteiger partial charge in [-0.1, -0.05) is 22.4 Å². The molecular weight excluding hydrogens is 272 g/mol. The molecule has 88 valence electrons. The molecule has 2 atom stereocenters. The standard InChI is InChI=1S/C11H15BrN2O2/c1-7-10(16-6-14-7)11(15)13-5-8-3-2-4-9(8)12/h6,8-9H,2-5H2,1H3,(H,13,15). The molecule has 1 fully saturated rings. The highest BCUT2D eigenvalue weighted by molar-refractivity contribution is 9.09. The fourth-order valence-corrected chi connectivity index (χ4v) is 2.82. The molecule has 1 amide bonds. The SMILES string of the molecule is Cc1ncoc1C(=O)NCC1CCCC1Br. The molecule has 1 aliphatic carbocycles. The average molecular weight is 287 g/mol. The van der Waals surface area contributed by atoms with Crippen molar-refractivity contribution in [1.82, 2.24) is 10.3 Å². The third-order valence-electron chi connectivity index (χ3n) is 3.04. The first-order valence-electron chi connectivity index (χ1n) is 5.51. The fraction of sp³-hybridized carbons (Fsp3) is 0.636. The van der Waals surface area contributed by atoms with Gasteiger partial charge in [0, 0.05) is 11.4 Å². The maximum absolute atomic E-state index is 11.7. The second-order valence-corrected chi connectivity index (χ2v) is 5.36. The predicted molar refractivity (Wildman–Crippen MR) is 63.6 cm³/mol. The lowest BCUT2D eigenvalue weighted by molar-refractivity contribution is 0.0919. The number of hydrogen-bond donors (Lipinski definition) is 1. The summed E-state index contributed by atoms with van der Waals surface area (Å²) < 4.78 is 5.03. The number of hydrogen-bond acceptors (Lipinski definition) is 3. The maximum Gasteiger partial charge on any atom is 0.289 e. The molecule has 16 heavy (non-hydrogen) atoms. The molecule has 1 heterocycles. The minimum Gasteiger partial charge on any atom is -0.438 e. The zero-order valence-electron chi connectivity index (χ0n) is 9.20. The van der Waals surface area contributed by atoms with Crippen LogP contribution in [0.5, 0.6) is 0 Å². The average Bonchev–Trinajstić information content (AvgIpc) is 2.84. The van der Waals surface area contributed by atoms with Crippen LogP contribution in [0.3, 0.4) is 0 Å². The molecule has 0 radical (unpaired) electrons. The second-order valence-electron chi connectivity index (χ2n) is 4.18. The molecule has 0 spiro atoms. The topological polar surface area (TPSA) is 55.1 Å². The van der Waals surface area contributed by atoms with Crippen LogP contribution in [-0.4, -0.2) is 22.3 Å². The largest absolute Gasteiger partial charge is 0.438 e. The summed E-state index contributed by atoms with van der Waals surface area (Å²) in [6, 6.07) is 0. The number of carbonyl (C=O) groups is 1. The molecule has 1 saturated carbocycles. The van der Waals surface area contributed by atoms with Gasteiger partial charge in [-0.25, -0.2) is 4.98 Å². The van der Waals surface area contributed by atoms with Gasteiger partial charge < -0.3 is 9.73 Å². The summed E-state index contributed by atoms with van der Waals surface area (Å²) in [7, 11) is 0. The molecule has 2 rings (SSSR count). The van der Waals surface area contributed by atoms with Crippen molar-refractivity contribution in [3.8, 4) is 0 Å². The minimum absolute atomic E-state index is 0.165. The number of amides is 1. The zero-order chi connectivity index (χ0) is 11.5. The highest BCUT2D eigenvalue weighted by Crippen LogP contribution is 2.30. The molecule has 0 aliphatic heterocycles. The van der Waals surface area contributed by atoms with Crippen molar-refractivity contribution in [3.63, 3.8) is 0 Å². The molecule has 2 unspecified atom stereocenters. The number of aryl methyl sites for hydroxylation is 1. The van der Waals surface area contributed by atoms with Crippen LogP contribution in [0.2, 0.25) is 0 Å². The van der Waals surface area contributed by atoms with Gasteiger partial charge in [-0.15, -0.1) is 0 Å². The van der Waals surface area contributed by atoms with Crippen molar-refractivity contribution in [1.29, 1.82) is 0 Å². The van der Waals surface area contributed by atoms with Crippen molar-refractivity contribution in [2.24, 2.45) is 5.92 Å². The Kier molecular flexibility index (Phi) is 3.63. The van der Waals surface area contributed by atoms with E-state index in [1.54, 1.807) is 6.92 Å². The molecule has 0 bridgehead atoms. The van der Waals surface area contributed by atoms with E-state index in [1.165, 1.54) is 25.7 Å². The van der Waals surface area contributed by atoms with Crippen LogP contribution in [0.1, 0.15) is 35.5 Å². The van der Waals surface area contributed by atoms with Gasteiger partial charge in [0.05, 0.1) is 5.69 Å². The normalized spacial score (nSPS) is 24.6. The van der Waals surface area contributed by atoms with Crippen LogP contribution in [0, 0.1) is 12.8 Å². The van der Waals surface area contributed by atoms with Gasteiger partial charge in [0.15, 0.2) is 6.39 Å². The quantitative estimate of drug-likeness (QED) is 0.868. The number of nitrogens with zero attached hydrogens (tertiary/aromatic N) is 1. The third kappa shape index (κ3) is 2.45. The fourth-order valence-electron chi connectivity index (χ4n) is 2.05. The van der Waals surface area contributed by atoms with Crippen LogP contribution in [0.15, 0.2) is 10.8 Å². The van der Waals surface area contributed by atoms with E-state index in [4.69, 9.17) is 4.42 Å². The van der Waals surface area contributed by atoms with Crippen LogP contribution < -0.4 is 5.32 Å². The Morgan fingerprint density at radius 3 is 3.06 bits per heavy atom. The Balaban J connectivity index is 1.86. The van der Waals surface area contributed by atoms with E-state index in [1.807, 2.05) is 0 Å². The van der Waals surface area contributed by atoms with E-state index in [9.17, 15) is 4.79 Å². The molecule has 1 aromatic rings. The number of rotatable bonds is 3. The third-order valence-corrected chi connectivity index (χ3v) is 4.25. The highest BCUT2D eigenvalue weighted by atomic mass is 79.9. The van der Waals surface area contributed by atoms with Crippen molar-refractivity contribution in [2.75, 3.05) is 6.54 Å². The van der Waals surface area contributed by atoms with E-state index < -0.39 is 0 Å².